The SMILES string of the molecule is CCCCOC[C@H](O[C@H]1OC(COC(C)=O)[C@@H](OCCCC)C(OCCCC)[C@@H]1N=[N+]=[N-])C(O[C@@H](O[C@@H]1C(COC(C)=O)O[C@H](O[C@@H]2C(C(=O)OC)O[C@@H](O[C@@H]3C(COC(=O)c4ccccc4)O[C@H](OC)C(N=[N+]=[N-])[C@H]3OCCCC)[C@@H](OC(=O)c3ccccc3)C2OCCCC)[C@@H](N=[N+]=[N-])C1OC(C)=O)[C@H](C)OCCCC)C(=O)O. The molecule has 6 rings (SSSR count). The number of hydrogen-bond acceptors (Lipinski definition) is 32. The van der Waals surface area contributed by atoms with E-state index in [0.717, 1.165) is 27.4 Å². The molecule has 0 saturated carbocycles. The monoisotopic (exact) mass is 1650 g/mol. The standard InChI is InChI=1S/C77H115N9O30/c1-13-19-35-97-41-51(108-75-56(82-85-79)62(100-38-22-16-4)58(99-37-21-15-3)52(109-75)42-103-46(8)87)61(69(90)91)114-73(45(7)98-36-20-14-2)112-60-53(43-104-47(9)88)110-76(57(83-86-80)64(60)106-48(10)89)115-66-65(102-40-24-18-6)68(111-71(93)50-33-29-26-30-34-50)77(116-67(66)72(94)95-11)113-59-54(44-105-70(92)49-31-27-25-28-32-49)107-74(96-12)55(81-84-78)63(59)101-39-23-17-5/h25-34,45,51-68,73-77H,13-24,35-44H2,1-12H3,(H,90,91)/t45-,51-,52?,53?,54?,55?,56-,57-,58+,59+,60+,61?,62?,63+,64?,65?,66-,67?,68-,73+,74-,75-,76+,77+/m0/s1. The second-order valence-corrected chi connectivity index (χ2v) is 27.6. The van der Waals surface area contributed by atoms with E-state index in [1.165, 1.54) is 45.2 Å². The topological polar surface area (TPSA) is 489 Å². The number of aliphatic carboxylic acids is 1. The van der Waals surface area contributed by atoms with Gasteiger partial charge in [-0.2, -0.15) is 0 Å². The zero-order valence-corrected chi connectivity index (χ0v) is 68.0. The molecule has 0 aliphatic carbocycles. The van der Waals surface area contributed by atoms with Crippen LogP contribution >= 0.6 is 0 Å². The van der Waals surface area contributed by atoms with E-state index < -0.39 is 215 Å². The number of carboxylic acid groups (broad SMARTS) is 1. The molecule has 4 aliphatic heterocycles. The Morgan fingerprint density at radius 3 is 1.45 bits per heavy atom. The molecule has 0 amide bonds. The van der Waals surface area contributed by atoms with Gasteiger partial charge >= 0.3 is 41.8 Å². The molecule has 39 heteroatoms. The minimum Gasteiger partial charge on any atom is -0.479 e. The van der Waals surface area contributed by atoms with Crippen LogP contribution in [0.1, 0.15) is 167 Å². The van der Waals surface area contributed by atoms with Gasteiger partial charge in [-0.3, -0.25) is 14.4 Å². The molecule has 1 N–H and O–H groups in total. The summed E-state index contributed by atoms with van der Waals surface area (Å²) in [5, 5.41) is 23.7. The first-order valence-electron chi connectivity index (χ1n) is 39.5. The molecule has 24 atom stereocenters. The third-order valence-corrected chi connectivity index (χ3v) is 18.9. The molecule has 0 radical (unpaired) electrons. The van der Waals surface area contributed by atoms with Gasteiger partial charge < -0.3 is 109 Å². The average Bonchev–Trinajstić information content (AvgIpc) is 0.749. The van der Waals surface area contributed by atoms with Crippen molar-refractivity contribution in [3.05, 3.63) is 103 Å². The number of rotatable bonds is 53. The molecule has 4 heterocycles. The predicted molar refractivity (Wildman–Crippen MR) is 404 cm³/mol. The Kier molecular flexibility index (Phi) is 44.0. The summed E-state index contributed by atoms with van der Waals surface area (Å²) in [7, 11) is 2.30. The fraction of sp³-hybridized carbons (Fsp3) is 0.753. The summed E-state index contributed by atoms with van der Waals surface area (Å²) in [5.41, 5.74) is 31.1. The quantitative estimate of drug-likeness (QED) is 0.0122. The third kappa shape index (κ3) is 29.5. The summed E-state index contributed by atoms with van der Waals surface area (Å²) >= 11 is 0. The zero-order chi connectivity index (χ0) is 84.5. The van der Waals surface area contributed by atoms with Gasteiger partial charge in [-0.1, -0.05) is 132 Å². The van der Waals surface area contributed by atoms with Crippen LogP contribution in [-0.4, -0.2) is 274 Å². The van der Waals surface area contributed by atoms with Gasteiger partial charge in [0.15, 0.2) is 49.8 Å². The van der Waals surface area contributed by atoms with E-state index in [0.29, 0.717) is 70.6 Å². The molecule has 0 spiro atoms. The number of carboxylic acids is 1. The third-order valence-electron chi connectivity index (χ3n) is 18.9. The number of azide groups is 3. The largest absolute Gasteiger partial charge is 0.479 e. The van der Waals surface area contributed by atoms with Crippen LogP contribution in [-0.2, 0) is 128 Å². The van der Waals surface area contributed by atoms with Gasteiger partial charge in [0.05, 0.1) is 37.1 Å². The molecule has 4 saturated heterocycles. The second-order valence-electron chi connectivity index (χ2n) is 27.6. The van der Waals surface area contributed by atoms with Crippen LogP contribution in [0, 0.1) is 0 Å². The number of hydrogen-bond donors (Lipinski definition) is 1. The number of benzene rings is 2. The fourth-order valence-electron chi connectivity index (χ4n) is 12.9. The molecule has 116 heavy (non-hydrogen) atoms. The highest BCUT2D eigenvalue weighted by Gasteiger charge is 2.60. The van der Waals surface area contributed by atoms with Gasteiger partial charge in [-0.15, -0.1) is 0 Å². The number of methoxy groups -OCH3 is 2. The van der Waals surface area contributed by atoms with Gasteiger partial charge in [0.25, 0.3) is 0 Å². The Morgan fingerprint density at radius 1 is 0.474 bits per heavy atom. The maximum absolute atomic E-state index is 14.9. The second kappa shape index (κ2) is 52.7. The van der Waals surface area contributed by atoms with Crippen LogP contribution in [0.4, 0.5) is 0 Å². The van der Waals surface area contributed by atoms with E-state index >= 15 is 0 Å². The molecule has 2 aromatic rings. The van der Waals surface area contributed by atoms with Gasteiger partial charge in [-0.25, -0.2) is 19.2 Å². The Bertz CT molecular complexity index is 3440. The number of nitrogens with zero attached hydrogens (tertiary/aromatic N) is 9. The van der Waals surface area contributed by atoms with Crippen LogP contribution in [0.25, 0.3) is 31.3 Å². The fourth-order valence-corrected chi connectivity index (χ4v) is 12.9. The van der Waals surface area contributed by atoms with Crippen LogP contribution in [0.5, 0.6) is 0 Å². The van der Waals surface area contributed by atoms with Crippen molar-refractivity contribution in [2.75, 3.05) is 80.3 Å². The lowest BCUT2D eigenvalue weighted by molar-refractivity contribution is -0.370. The summed E-state index contributed by atoms with van der Waals surface area (Å²) in [6.45, 7) is 14.0. The van der Waals surface area contributed by atoms with Crippen molar-refractivity contribution in [3.63, 3.8) is 0 Å². The van der Waals surface area contributed by atoms with E-state index in [1.807, 2.05) is 41.5 Å². The van der Waals surface area contributed by atoms with E-state index in [-0.39, 0.29) is 50.8 Å². The van der Waals surface area contributed by atoms with Crippen molar-refractivity contribution in [3.8, 4) is 0 Å². The molecule has 39 nitrogen and oxygen atoms in total. The van der Waals surface area contributed by atoms with Gasteiger partial charge in [0.2, 0.25) is 0 Å². The molecule has 648 valence electrons. The average molecular weight is 1650 g/mol. The summed E-state index contributed by atoms with van der Waals surface area (Å²) in [6, 6.07) is 10.9. The zero-order valence-electron chi connectivity index (χ0n) is 68.0. The van der Waals surface area contributed by atoms with E-state index in [2.05, 4.69) is 30.1 Å². The minimum atomic E-state index is -2.20. The van der Waals surface area contributed by atoms with Crippen LogP contribution in [0.15, 0.2) is 76.0 Å². The molecule has 9 unspecified atom stereocenters. The highest BCUT2D eigenvalue weighted by molar-refractivity contribution is 5.90. The summed E-state index contributed by atoms with van der Waals surface area (Å²) in [4.78, 5) is 106. The van der Waals surface area contributed by atoms with E-state index in [1.54, 1.807) is 36.4 Å². The number of ether oxygens (including phenoxy) is 22. The molecule has 4 aliphatic rings. The highest BCUT2D eigenvalue weighted by atomic mass is 16.8. The number of carbonyl (C=O) groups is 7. The van der Waals surface area contributed by atoms with Crippen molar-refractivity contribution in [1.29, 1.82) is 0 Å². The van der Waals surface area contributed by atoms with E-state index in [4.69, 9.17) is 104 Å². The number of carbonyl (C=O) groups excluding carboxylic acids is 6. The smallest absolute Gasteiger partial charge is 0.338 e. The minimum absolute atomic E-state index is 0.00978. The molecular weight excluding hydrogens is 1530 g/mol. The Labute approximate surface area is 674 Å². The number of unbranched alkanes of at least 4 members (excludes halogenated alkanes) is 6. The van der Waals surface area contributed by atoms with Crippen LogP contribution in [0.3, 0.4) is 0 Å². The van der Waals surface area contributed by atoms with Crippen LogP contribution in [0.2, 0.25) is 0 Å². The molecule has 0 aromatic heterocycles. The van der Waals surface area contributed by atoms with Crippen molar-refractivity contribution >= 4 is 41.8 Å². The lowest BCUT2D eigenvalue weighted by Gasteiger charge is -2.50. The lowest BCUT2D eigenvalue weighted by Crippen LogP contribution is -2.68. The predicted octanol–water partition coefficient (Wildman–Crippen LogP) is 9.98. The van der Waals surface area contributed by atoms with Gasteiger partial charge in [-0.05, 0) is 86.3 Å². The van der Waals surface area contributed by atoms with E-state index in [9.17, 15) is 55.3 Å². The molecule has 2 aromatic carbocycles. The van der Waals surface area contributed by atoms with Crippen molar-refractivity contribution in [1.82, 2.24) is 0 Å². The van der Waals surface area contributed by atoms with Crippen molar-refractivity contribution in [2.24, 2.45) is 15.3 Å². The highest BCUT2D eigenvalue weighted by Crippen LogP contribution is 2.41. The first-order valence-corrected chi connectivity index (χ1v) is 39.5. The maximum Gasteiger partial charge on any atom is 0.338 e. The van der Waals surface area contributed by atoms with Crippen molar-refractivity contribution < 1.29 is 143 Å². The molecule has 4 fully saturated rings. The summed E-state index contributed by atoms with van der Waals surface area (Å²) in [6.07, 6.45) is -28.8. The van der Waals surface area contributed by atoms with Gasteiger partial charge in [0.1, 0.15) is 105 Å². The first-order chi connectivity index (χ1) is 56.1. The van der Waals surface area contributed by atoms with Crippen molar-refractivity contribution in [2.45, 2.75) is 294 Å². The normalized spacial score (nSPS) is 28.1. The Hall–Kier alpha value is -7.98. The van der Waals surface area contributed by atoms with Gasteiger partial charge in [0, 0.05) is 82.3 Å². The number of esters is 6. The molecule has 0 bridgehead atoms. The Balaban J connectivity index is 1.53. The maximum atomic E-state index is 14.9. The molecular formula is C77H115N9O30. The summed E-state index contributed by atoms with van der Waals surface area (Å²) in [5.74, 6) is -7.31. The summed E-state index contributed by atoms with van der Waals surface area (Å²) < 4.78 is 140. The lowest BCUT2D eigenvalue weighted by atomic mass is 9.94. The first kappa shape index (κ1) is 96.9. The van der Waals surface area contributed by atoms with Crippen LogP contribution < -0.4 is 0 Å². The Morgan fingerprint density at radius 2 is 0.931 bits per heavy atom.